The molecule has 1 rings (SSSR count). The number of nitro groups is 1. The molecule has 7 heteroatoms. The molecule has 7 nitrogen and oxygen atoms in total. The molecule has 0 aromatic heterocycles. The second-order valence-electron chi connectivity index (χ2n) is 4.06. The Kier molecular flexibility index (Phi) is 5.33. The van der Waals surface area contributed by atoms with Gasteiger partial charge in [-0.25, -0.2) is 0 Å². The number of nitrogens with zero attached hydrogens (tertiary/aromatic N) is 1. The van der Waals surface area contributed by atoms with Gasteiger partial charge < -0.3 is 21.5 Å². The summed E-state index contributed by atoms with van der Waals surface area (Å²) in [5.74, 6) is 0. The molecule has 0 amide bonds. The van der Waals surface area contributed by atoms with Crippen LogP contribution in [0.4, 0.5) is 0 Å². The van der Waals surface area contributed by atoms with Crippen LogP contribution < -0.4 is 16.8 Å². The molecule has 0 aliphatic carbocycles. The van der Waals surface area contributed by atoms with Gasteiger partial charge in [0.05, 0.1) is 11.5 Å². The van der Waals surface area contributed by atoms with Crippen LogP contribution in [0, 0.1) is 10.1 Å². The highest BCUT2D eigenvalue weighted by molar-refractivity contribution is 5.12. The zero-order valence-electron chi connectivity index (χ0n) is 10.0. The van der Waals surface area contributed by atoms with Crippen LogP contribution in [0.1, 0.15) is 19.3 Å². The average Bonchev–Trinajstić information content (AvgIpc) is 2.50. The van der Waals surface area contributed by atoms with E-state index in [-0.39, 0.29) is 24.4 Å². The van der Waals surface area contributed by atoms with Gasteiger partial charge in [-0.2, -0.15) is 0 Å². The van der Waals surface area contributed by atoms with E-state index in [1.165, 1.54) is 0 Å². The summed E-state index contributed by atoms with van der Waals surface area (Å²) in [4.78, 5) is 10.4. The van der Waals surface area contributed by atoms with E-state index < -0.39 is 4.92 Å². The van der Waals surface area contributed by atoms with Gasteiger partial charge in [0.1, 0.15) is 11.8 Å². The van der Waals surface area contributed by atoms with Crippen LogP contribution in [0.5, 0.6) is 0 Å². The standard InChI is InChI=1S/C10H20N4O3/c1-13-10(8(6-11)14(15)16)9-3-2-7(12)4-5-17-9/h7,9,13H,2-6,11-12H2,1H3/b10-8+. The fourth-order valence-electron chi connectivity index (χ4n) is 1.96. The molecule has 0 saturated carbocycles. The minimum absolute atomic E-state index is 0.0204. The average molecular weight is 244 g/mol. The molecule has 1 fully saturated rings. The van der Waals surface area contributed by atoms with E-state index in [1.54, 1.807) is 7.05 Å². The van der Waals surface area contributed by atoms with E-state index in [2.05, 4.69) is 5.32 Å². The topological polar surface area (TPSA) is 116 Å². The molecule has 0 spiro atoms. The molecule has 0 aromatic carbocycles. The molecular formula is C10H20N4O3. The van der Waals surface area contributed by atoms with E-state index in [0.717, 1.165) is 12.8 Å². The Labute approximate surface area is 100 Å². The van der Waals surface area contributed by atoms with Crippen molar-refractivity contribution < 1.29 is 9.66 Å². The Morgan fingerprint density at radius 1 is 1.53 bits per heavy atom. The first-order valence-corrected chi connectivity index (χ1v) is 5.72. The van der Waals surface area contributed by atoms with E-state index in [9.17, 15) is 10.1 Å². The summed E-state index contributed by atoms with van der Waals surface area (Å²) < 4.78 is 5.60. The highest BCUT2D eigenvalue weighted by Crippen LogP contribution is 2.19. The summed E-state index contributed by atoms with van der Waals surface area (Å²) >= 11 is 0. The SMILES string of the molecule is CN/C(=C(\CN)[N+](=O)[O-])C1CCC(N)CCO1. The molecule has 0 aromatic rings. The van der Waals surface area contributed by atoms with Gasteiger partial charge in [-0.05, 0) is 19.3 Å². The van der Waals surface area contributed by atoms with Crippen molar-refractivity contribution in [1.82, 2.24) is 5.32 Å². The largest absolute Gasteiger partial charge is 0.384 e. The lowest BCUT2D eigenvalue weighted by Gasteiger charge is -2.18. The highest BCUT2D eigenvalue weighted by atomic mass is 16.6. The Morgan fingerprint density at radius 3 is 2.76 bits per heavy atom. The predicted octanol–water partition coefficient (Wildman–Crippen LogP) is -0.451. The van der Waals surface area contributed by atoms with Crippen molar-refractivity contribution >= 4 is 0 Å². The molecule has 1 aliphatic heterocycles. The molecule has 2 atom stereocenters. The maximum Gasteiger partial charge on any atom is 0.281 e. The van der Waals surface area contributed by atoms with Crippen molar-refractivity contribution in [3.8, 4) is 0 Å². The number of nitrogens with one attached hydrogen (secondary N) is 1. The van der Waals surface area contributed by atoms with E-state index in [4.69, 9.17) is 16.2 Å². The number of ether oxygens (including phenoxy) is 1. The van der Waals surface area contributed by atoms with Gasteiger partial charge >= 0.3 is 0 Å². The molecule has 2 unspecified atom stereocenters. The second-order valence-corrected chi connectivity index (χ2v) is 4.06. The first kappa shape index (κ1) is 13.9. The number of likely N-dealkylation sites (N-methyl/N-ethyl adjacent to an activating group) is 1. The van der Waals surface area contributed by atoms with Crippen molar-refractivity contribution in [2.45, 2.75) is 31.4 Å². The summed E-state index contributed by atoms with van der Waals surface area (Å²) in [6.07, 6.45) is 1.95. The Morgan fingerprint density at radius 2 is 2.24 bits per heavy atom. The van der Waals surface area contributed by atoms with Gasteiger partial charge in [0.15, 0.2) is 0 Å². The summed E-state index contributed by atoms with van der Waals surface area (Å²) in [5, 5.41) is 13.7. The summed E-state index contributed by atoms with van der Waals surface area (Å²) in [5.41, 5.74) is 11.7. The van der Waals surface area contributed by atoms with E-state index in [0.29, 0.717) is 18.7 Å². The van der Waals surface area contributed by atoms with Crippen molar-refractivity contribution in [3.05, 3.63) is 21.5 Å². The Bertz CT molecular complexity index is 306. The lowest BCUT2D eigenvalue weighted by molar-refractivity contribution is -0.427. The molecule has 0 bridgehead atoms. The summed E-state index contributed by atoms with van der Waals surface area (Å²) in [7, 11) is 1.64. The van der Waals surface area contributed by atoms with Crippen molar-refractivity contribution in [1.29, 1.82) is 0 Å². The monoisotopic (exact) mass is 244 g/mol. The Hall–Kier alpha value is -1.18. The van der Waals surface area contributed by atoms with Crippen molar-refractivity contribution in [2.75, 3.05) is 20.2 Å². The van der Waals surface area contributed by atoms with Gasteiger partial charge in [-0.3, -0.25) is 10.1 Å². The minimum Gasteiger partial charge on any atom is -0.384 e. The van der Waals surface area contributed by atoms with Crippen LogP contribution in [-0.4, -0.2) is 37.3 Å². The van der Waals surface area contributed by atoms with Gasteiger partial charge in [0.2, 0.25) is 0 Å². The number of rotatable bonds is 4. The first-order valence-electron chi connectivity index (χ1n) is 5.72. The second kappa shape index (κ2) is 6.53. The molecule has 1 saturated heterocycles. The summed E-state index contributed by atoms with van der Waals surface area (Å²) in [6.45, 7) is 0.404. The fourth-order valence-corrected chi connectivity index (χ4v) is 1.96. The first-order chi connectivity index (χ1) is 8.10. The van der Waals surface area contributed by atoms with Gasteiger partial charge in [-0.15, -0.1) is 0 Å². The number of hydrogen-bond acceptors (Lipinski definition) is 6. The quantitative estimate of drug-likeness (QED) is 0.455. The smallest absolute Gasteiger partial charge is 0.281 e. The number of hydrogen-bond donors (Lipinski definition) is 3. The molecule has 5 N–H and O–H groups in total. The molecule has 0 radical (unpaired) electrons. The zero-order valence-corrected chi connectivity index (χ0v) is 10.0. The lowest BCUT2D eigenvalue weighted by Crippen LogP contribution is -2.30. The third-order valence-electron chi connectivity index (χ3n) is 2.92. The van der Waals surface area contributed by atoms with Crippen LogP contribution in [0.15, 0.2) is 11.4 Å². The number of nitrogens with two attached hydrogens (primary N) is 2. The predicted molar refractivity (Wildman–Crippen MR) is 63.7 cm³/mol. The third-order valence-corrected chi connectivity index (χ3v) is 2.92. The van der Waals surface area contributed by atoms with Crippen LogP contribution in [0.2, 0.25) is 0 Å². The lowest BCUT2D eigenvalue weighted by atomic mass is 10.1. The van der Waals surface area contributed by atoms with Crippen LogP contribution in [0.3, 0.4) is 0 Å². The molecule has 1 heterocycles. The highest BCUT2D eigenvalue weighted by Gasteiger charge is 2.27. The van der Waals surface area contributed by atoms with Crippen LogP contribution >= 0.6 is 0 Å². The van der Waals surface area contributed by atoms with Gasteiger partial charge in [0.25, 0.3) is 5.70 Å². The fraction of sp³-hybridized carbons (Fsp3) is 0.800. The molecule has 17 heavy (non-hydrogen) atoms. The van der Waals surface area contributed by atoms with Crippen molar-refractivity contribution in [3.63, 3.8) is 0 Å². The maximum atomic E-state index is 10.9. The molecular weight excluding hydrogens is 224 g/mol. The minimum atomic E-state index is -0.458. The maximum absolute atomic E-state index is 10.9. The molecule has 98 valence electrons. The van der Waals surface area contributed by atoms with Crippen molar-refractivity contribution in [2.24, 2.45) is 11.5 Å². The van der Waals surface area contributed by atoms with Gasteiger partial charge in [0, 0.05) is 19.7 Å². The zero-order chi connectivity index (χ0) is 12.8. The normalized spacial score (nSPS) is 27.0. The summed E-state index contributed by atoms with van der Waals surface area (Å²) in [6, 6.07) is 0.107. The van der Waals surface area contributed by atoms with E-state index in [1.807, 2.05) is 0 Å². The molecule has 1 aliphatic rings. The van der Waals surface area contributed by atoms with E-state index >= 15 is 0 Å². The third kappa shape index (κ3) is 3.65. The van der Waals surface area contributed by atoms with Crippen LogP contribution in [0.25, 0.3) is 0 Å². The Balaban J connectivity index is 2.88. The van der Waals surface area contributed by atoms with Crippen LogP contribution in [-0.2, 0) is 4.74 Å². The van der Waals surface area contributed by atoms with Gasteiger partial charge in [-0.1, -0.05) is 0 Å².